The average Bonchev–Trinajstić information content (AvgIpc) is 2.66. The maximum absolute atomic E-state index is 12.5. The van der Waals surface area contributed by atoms with Crippen LogP contribution in [-0.4, -0.2) is 13.1 Å². The maximum atomic E-state index is 12.5. The summed E-state index contributed by atoms with van der Waals surface area (Å²) in [7, 11) is 1.54. The second kappa shape index (κ2) is 7.87. The van der Waals surface area contributed by atoms with Gasteiger partial charge in [0.2, 0.25) is 0 Å². The summed E-state index contributed by atoms with van der Waals surface area (Å²) in [5, 5.41) is 0.714. The van der Waals surface area contributed by atoms with Crippen molar-refractivity contribution in [2.24, 2.45) is 0 Å². The largest absolute Gasteiger partial charge is 0.497 e. The second-order valence-corrected chi connectivity index (χ2v) is 5.93. The van der Waals surface area contributed by atoms with Gasteiger partial charge in [0.25, 0.3) is 0 Å². The fraction of sp³-hybridized carbons (Fsp3) is 0.238. The molecule has 0 aliphatic heterocycles. The highest BCUT2D eigenvalue weighted by atomic mass is 16.5. The fourth-order valence-corrected chi connectivity index (χ4v) is 2.93. The lowest BCUT2D eigenvalue weighted by molar-refractivity contribution is -0.146. The molecule has 0 amide bonds. The molecule has 0 aliphatic carbocycles. The van der Waals surface area contributed by atoms with E-state index in [9.17, 15) is 9.59 Å². The highest BCUT2D eigenvalue weighted by Crippen LogP contribution is 2.25. The minimum Gasteiger partial charge on any atom is -0.497 e. The molecule has 3 aromatic rings. The summed E-state index contributed by atoms with van der Waals surface area (Å²) in [6.45, 7) is 1.95. The topological polar surface area (TPSA) is 65.7 Å². The Kier molecular flexibility index (Phi) is 5.37. The molecule has 0 saturated carbocycles. The van der Waals surface area contributed by atoms with E-state index in [0.717, 1.165) is 5.56 Å². The molecular weight excluding hydrogens is 332 g/mol. The van der Waals surface area contributed by atoms with Crippen LogP contribution in [-0.2, 0) is 16.1 Å². The minimum absolute atomic E-state index is 0.0105. The molecule has 0 spiro atoms. The van der Waals surface area contributed by atoms with Crippen LogP contribution in [0.15, 0.2) is 63.8 Å². The third kappa shape index (κ3) is 3.77. The predicted molar refractivity (Wildman–Crippen MR) is 98.3 cm³/mol. The molecule has 26 heavy (non-hydrogen) atoms. The quantitative estimate of drug-likeness (QED) is 0.495. The molecule has 1 heterocycles. The number of fused-ring (bicyclic) bond motifs is 1. The molecule has 2 aromatic carbocycles. The Hall–Kier alpha value is -3.08. The Morgan fingerprint density at radius 2 is 1.88 bits per heavy atom. The van der Waals surface area contributed by atoms with Crippen LogP contribution in [0.2, 0.25) is 0 Å². The Morgan fingerprint density at radius 3 is 2.58 bits per heavy atom. The third-order valence-corrected chi connectivity index (χ3v) is 4.30. The molecule has 5 heteroatoms. The van der Waals surface area contributed by atoms with Gasteiger partial charge < -0.3 is 13.9 Å². The van der Waals surface area contributed by atoms with Gasteiger partial charge in [-0.15, -0.1) is 0 Å². The van der Waals surface area contributed by atoms with Gasteiger partial charge in [0, 0.05) is 23.1 Å². The fourth-order valence-electron chi connectivity index (χ4n) is 2.93. The first-order chi connectivity index (χ1) is 12.6. The number of ether oxygens (including phenoxy) is 2. The van der Waals surface area contributed by atoms with Crippen LogP contribution in [0, 0.1) is 0 Å². The minimum atomic E-state index is -0.494. The van der Waals surface area contributed by atoms with E-state index in [1.807, 2.05) is 37.3 Å². The SMILES string of the molecule is CC[C@H](C(=O)OCc1cc(=O)oc2cc(OC)ccc12)c1ccccc1. The standard InChI is InChI=1S/C21H20O5/c1-3-17(14-7-5-4-6-8-14)21(23)25-13-15-11-20(22)26-19-12-16(24-2)9-10-18(15)19/h4-12,17H,3,13H2,1-2H3/t17-/m0/s1. The molecule has 5 nitrogen and oxygen atoms in total. The number of methoxy groups -OCH3 is 1. The van der Waals surface area contributed by atoms with Crippen molar-refractivity contribution >= 4 is 16.9 Å². The van der Waals surface area contributed by atoms with Gasteiger partial charge in [0.05, 0.1) is 13.0 Å². The summed E-state index contributed by atoms with van der Waals surface area (Å²) in [4.78, 5) is 24.3. The van der Waals surface area contributed by atoms with Crippen molar-refractivity contribution in [2.75, 3.05) is 7.11 Å². The highest BCUT2D eigenvalue weighted by molar-refractivity contribution is 5.82. The molecule has 1 aromatic heterocycles. The zero-order valence-electron chi connectivity index (χ0n) is 14.7. The molecule has 0 unspecified atom stereocenters. The van der Waals surface area contributed by atoms with Crippen molar-refractivity contribution in [2.45, 2.75) is 25.9 Å². The number of esters is 1. The van der Waals surface area contributed by atoms with Gasteiger partial charge in [-0.2, -0.15) is 0 Å². The average molecular weight is 352 g/mol. The molecular formula is C21H20O5. The van der Waals surface area contributed by atoms with Crippen molar-refractivity contribution in [3.8, 4) is 5.75 Å². The number of rotatable bonds is 6. The molecule has 3 rings (SSSR count). The van der Waals surface area contributed by atoms with Crippen molar-refractivity contribution < 1.29 is 18.7 Å². The van der Waals surface area contributed by atoms with Crippen LogP contribution in [0.4, 0.5) is 0 Å². The van der Waals surface area contributed by atoms with E-state index >= 15 is 0 Å². The van der Waals surface area contributed by atoms with Crippen LogP contribution in [0.1, 0.15) is 30.4 Å². The summed E-state index contributed by atoms with van der Waals surface area (Å²) in [6.07, 6.45) is 0.637. The van der Waals surface area contributed by atoms with Gasteiger partial charge in [-0.1, -0.05) is 37.3 Å². The van der Waals surface area contributed by atoms with Crippen molar-refractivity contribution in [1.82, 2.24) is 0 Å². The molecule has 0 saturated heterocycles. The van der Waals surface area contributed by atoms with E-state index in [2.05, 4.69) is 0 Å². The number of hydrogen-bond donors (Lipinski definition) is 0. The van der Waals surface area contributed by atoms with Crippen LogP contribution in [0.25, 0.3) is 11.0 Å². The first-order valence-corrected chi connectivity index (χ1v) is 8.44. The molecule has 0 aliphatic rings. The molecule has 1 atom stereocenters. The van der Waals surface area contributed by atoms with Crippen molar-refractivity contribution in [3.63, 3.8) is 0 Å². The molecule has 0 N–H and O–H groups in total. The van der Waals surface area contributed by atoms with E-state index in [1.54, 1.807) is 25.3 Å². The van der Waals surface area contributed by atoms with Gasteiger partial charge in [0.1, 0.15) is 17.9 Å². The van der Waals surface area contributed by atoms with Gasteiger partial charge in [0.15, 0.2) is 0 Å². The predicted octanol–water partition coefficient (Wildman–Crippen LogP) is 4.04. The summed E-state index contributed by atoms with van der Waals surface area (Å²) >= 11 is 0. The van der Waals surface area contributed by atoms with Gasteiger partial charge >= 0.3 is 11.6 Å². The summed E-state index contributed by atoms with van der Waals surface area (Å²) in [6, 6.07) is 16.1. The summed E-state index contributed by atoms with van der Waals surface area (Å²) in [5.74, 6) is -0.0544. The van der Waals surface area contributed by atoms with Crippen LogP contribution >= 0.6 is 0 Å². The Labute approximate surface area is 151 Å². The first kappa shape index (κ1) is 17.7. The number of carbonyl (C=O) groups is 1. The van der Waals surface area contributed by atoms with E-state index < -0.39 is 5.63 Å². The molecule has 0 bridgehead atoms. The smallest absolute Gasteiger partial charge is 0.336 e. The molecule has 134 valence electrons. The van der Waals surface area contributed by atoms with E-state index in [-0.39, 0.29) is 18.5 Å². The second-order valence-electron chi connectivity index (χ2n) is 5.93. The Balaban J connectivity index is 1.83. The monoisotopic (exact) mass is 352 g/mol. The van der Waals surface area contributed by atoms with Crippen molar-refractivity contribution in [3.05, 3.63) is 76.1 Å². The maximum Gasteiger partial charge on any atom is 0.336 e. The lowest BCUT2D eigenvalue weighted by atomic mass is 9.97. The van der Waals surface area contributed by atoms with Gasteiger partial charge in [-0.05, 0) is 24.1 Å². The first-order valence-electron chi connectivity index (χ1n) is 8.44. The summed E-state index contributed by atoms with van der Waals surface area (Å²) < 4.78 is 15.9. The molecule has 0 radical (unpaired) electrons. The van der Waals surface area contributed by atoms with E-state index in [1.165, 1.54) is 6.07 Å². The number of benzene rings is 2. The Morgan fingerprint density at radius 1 is 1.12 bits per heavy atom. The third-order valence-electron chi connectivity index (χ3n) is 4.30. The van der Waals surface area contributed by atoms with Gasteiger partial charge in [-0.25, -0.2) is 4.79 Å². The Bertz CT molecular complexity index is 959. The summed E-state index contributed by atoms with van der Waals surface area (Å²) in [5.41, 5.74) is 1.43. The van der Waals surface area contributed by atoms with Gasteiger partial charge in [-0.3, -0.25) is 4.79 Å². The van der Waals surface area contributed by atoms with Crippen molar-refractivity contribution in [1.29, 1.82) is 0 Å². The zero-order valence-corrected chi connectivity index (χ0v) is 14.7. The number of carbonyl (C=O) groups excluding carboxylic acids is 1. The van der Waals surface area contributed by atoms with Crippen LogP contribution in [0.5, 0.6) is 5.75 Å². The van der Waals surface area contributed by atoms with E-state index in [4.69, 9.17) is 13.9 Å². The normalized spacial score (nSPS) is 11.9. The van der Waals surface area contributed by atoms with E-state index in [0.29, 0.717) is 28.7 Å². The van der Waals surface area contributed by atoms with Crippen LogP contribution < -0.4 is 10.4 Å². The lowest BCUT2D eigenvalue weighted by Crippen LogP contribution is -2.16. The number of hydrogen-bond acceptors (Lipinski definition) is 5. The zero-order chi connectivity index (χ0) is 18.5. The highest BCUT2D eigenvalue weighted by Gasteiger charge is 2.20. The van der Waals surface area contributed by atoms with Crippen LogP contribution in [0.3, 0.4) is 0 Å². The molecule has 0 fully saturated rings. The lowest BCUT2D eigenvalue weighted by Gasteiger charge is -2.15.